The van der Waals surface area contributed by atoms with E-state index in [0.29, 0.717) is 0 Å². The molecular formula is C11H19. The number of hydrogen-bond acceptors (Lipinski definition) is 0. The summed E-state index contributed by atoms with van der Waals surface area (Å²) in [6, 6.07) is 0. The first-order chi connectivity index (χ1) is 5.41. The summed E-state index contributed by atoms with van der Waals surface area (Å²) in [4.78, 5) is 0. The largest absolute Gasteiger partial charge is 0.0882 e. The summed E-state index contributed by atoms with van der Waals surface area (Å²) in [5, 5.41) is 0. The second-order valence-corrected chi connectivity index (χ2v) is 2.67. The van der Waals surface area contributed by atoms with Crippen LogP contribution < -0.4 is 0 Å². The quantitative estimate of drug-likeness (QED) is 0.399. The van der Waals surface area contributed by atoms with Crippen LogP contribution >= 0.6 is 0 Å². The molecule has 0 aromatic heterocycles. The summed E-state index contributed by atoms with van der Waals surface area (Å²) in [6.07, 6.45) is 14.7. The van der Waals surface area contributed by atoms with Crippen LogP contribution in [0.25, 0.3) is 0 Å². The molecule has 63 valence electrons. The van der Waals surface area contributed by atoms with E-state index in [1.165, 1.54) is 25.7 Å². The van der Waals surface area contributed by atoms with E-state index >= 15 is 0 Å². The molecule has 0 saturated carbocycles. The van der Waals surface area contributed by atoms with Gasteiger partial charge in [-0.3, -0.25) is 0 Å². The van der Waals surface area contributed by atoms with Crippen molar-refractivity contribution in [2.45, 2.75) is 39.0 Å². The van der Waals surface area contributed by atoms with E-state index in [2.05, 4.69) is 32.1 Å². The van der Waals surface area contributed by atoms with Crippen LogP contribution in [0, 0.1) is 6.92 Å². The van der Waals surface area contributed by atoms with Gasteiger partial charge in [-0.25, -0.2) is 0 Å². The molecule has 0 heteroatoms. The summed E-state index contributed by atoms with van der Waals surface area (Å²) < 4.78 is 0. The first-order valence-electron chi connectivity index (χ1n) is 4.51. The zero-order valence-electron chi connectivity index (χ0n) is 7.55. The highest BCUT2D eigenvalue weighted by atomic mass is 13.9. The molecule has 1 radical (unpaired) electrons. The van der Waals surface area contributed by atoms with Crippen LogP contribution in [-0.4, -0.2) is 0 Å². The Morgan fingerprint density at radius 3 is 2.55 bits per heavy atom. The Morgan fingerprint density at radius 1 is 1.09 bits per heavy atom. The van der Waals surface area contributed by atoms with Crippen LogP contribution in [0.4, 0.5) is 0 Å². The Morgan fingerprint density at radius 2 is 1.91 bits per heavy atom. The highest BCUT2D eigenvalue weighted by Crippen LogP contribution is 2.00. The molecule has 0 fully saturated rings. The average molecular weight is 151 g/mol. The molecule has 0 aromatic rings. The monoisotopic (exact) mass is 151 g/mol. The molecule has 0 atom stereocenters. The molecule has 0 bridgehead atoms. The lowest BCUT2D eigenvalue weighted by Crippen LogP contribution is -1.70. The van der Waals surface area contributed by atoms with Crippen molar-refractivity contribution in [2.75, 3.05) is 0 Å². The molecule has 0 aliphatic heterocycles. The predicted molar refractivity (Wildman–Crippen MR) is 52.4 cm³/mol. The Balaban J connectivity index is 3.03. The molecule has 0 saturated heterocycles. The van der Waals surface area contributed by atoms with Crippen molar-refractivity contribution in [3.8, 4) is 0 Å². The fourth-order valence-electron chi connectivity index (χ4n) is 0.901. The maximum Gasteiger partial charge on any atom is -0.0169 e. The van der Waals surface area contributed by atoms with Gasteiger partial charge in [0.15, 0.2) is 0 Å². The normalized spacial score (nSPS) is 11.8. The van der Waals surface area contributed by atoms with Gasteiger partial charge < -0.3 is 0 Å². The van der Waals surface area contributed by atoms with Gasteiger partial charge in [0.1, 0.15) is 0 Å². The summed E-state index contributed by atoms with van der Waals surface area (Å²) in [7, 11) is 0. The third-order valence-electron chi connectivity index (χ3n) is 1.58. The summed E-state index contributed by atoms with van der Waals surface area (Å²) >= 11 is 0. The highest BCUT2D eigenvalue weighted by molar-refractivity contribution is 4.93. The number of allylic oxidation sites excluding steroid dienone is 4. The van der Waals surface area contributed by atoms with Gasteiger partial charge in [-0.1, -0.05) is 44.1 Å². The Hall–Kier alpha value is -0.520. The topological polar surface area (TPSA) is 0 Å². The second-order valence-electron chi connectivity index (χ2n) is 2.67. The standard InChI is InChI=1S/C11H19/c1-3-5-7-9-11-10-8-6-4-2/h3,5,9,11H,1,4,6-8,10H2,2H3. The lowest BCUT2D eigenvalue weighted by Gasteiger charge is -1.90. The summed E-state index contributed by atoms with van der Waals surface area (Å²) in [6.45, 7) is 5.85. The maximum absolute atomic E-state index is 3.62. The van der Waals surface area contributed by atoms with E-state index in [0.717, 1.165) is 6.42 Å². The fourth-order valence-corrected chi connectivity index (χ4v) is 0.901. The van der Waals surface area contributed by atoms with Crippen LogP contribution in [-0.2, 0) is 0 Å². The number of rotatable bonds is 6. The first-order valence-corrected chi connectivity index (χ1v) is 4.51. The molecule has 0 N–H and O–H groups in total. The highest BCUT2D eigenvalue weighted by Gasteiger charge is 1.79. The minimum Gasteiger partial charge on any atom is -0.0882 e. The van der Waals surface area contributed by atoms with E-state index in [9.17, 15) is 0 Å². The van der Waals surface area contributed by atoms with Crippen molar-refractivity contribution >= 4 is 0 Å². The Kier molecular flexibility index (Phi) is 9.03. The van der Waals surface area contributed by atoms with Crippen molar-refractivity contribution in [3.05, 3.63) is 31.2 Å². The van der Waals surface area contributed by atoms with Crippen LogP contribution in [0.2, 0.25) is 0 Å². The second kappa shape index (κ2) is 9.48. The van der Waals surface area contributed by atoms with Gasteiger partial charge in [0.05, 0.1) is 0 Å². The van der Waals surface area contributed by atoms with Gasteiger partial charge in [0.25, 0.3) is 0 Å². The van der Waals surface area contributed by atoms with Crippen LogP contribution in [0.15, 0.2) is 24.3 Å². The zero-order valence-corrected chi connectivity index (χ0v) is 7.55. The van der Waals surface area contributed by atoms with E-state index < -0.39 is 0 Å². The van der Waals surface area contributed by atoms with Gasteiger partial charge >= 0.3 is 0 Å². The Bertz CT molecular complexity index is 109. The fraction of sp³-hybridized carbons (Fsp3) is 0.545. The van der Waals surface area contributed by atoms with Gasteiger partial charge in [0.2, 0.25) is 0 Å². The van der Waals surface area contributed by atoms with E-state index in [-0.39, 0.29) is 0 Å². The predicted octanol–water partition coefficient (Wildman–Crippen LogP) is 3.90. The van der Waals surface area contributed by atoms with Crippen molar-refractivity contribution in [1.82, 2.24) is 0 Å². The van der Waals surface area contributed by atoms with Crippen LogP contribution in [0.3, 0.4) is 0 Å². The first kappa shape index (κ1) is 10.5. The molecule has 0 rings (SSSR count). The molecule has 0 amide bonds. The molecule has 0 aromatic carbocycles. The van der Waals surface area contributed by atoms with Crippen molar-refractivity contribution in [2.24, 2.45) is 0 Å². The molecule has 0 spiro atoms. The van der Waals surface area contributed by atoms with Gasteiger partial charge in [-0.2, -0.15) is 0 Å². The van der Waals surface area contributed by atoms with Gasteiger partial charge in [0, 0.05) is 0 Å². The van der Waals surface area contributed by atoms with Crippen molar-refractivity contribution in [3.63, 3.8) is 0 Å². The lowest BCUT2D eigenvalue weighted by atomic mass is 10.2. The third-order valence-corrected chi connectivity index (χ3v) is 1.58. The molecule has 0 aliphatic carbocycles. The number of hydrogen-bond donors (Lipinski definition) is 0. The molecular weight excluding hydrogens is 132 g/mol. The molecule has 0 unspecified atom stereocenters. The molecule has 0 nitrogen and oxygen atoms in total. The van der Waals surface area contributed by atoms with Crippen LogP contribution in [0.1, 0.15) is 39.0 Å². The van der Waals surface area contributed by atoms with Gasteiger partial charge in [-0.15, -0.1) is 0 Å². The number of unbranched alkanes of at least 4 members (excludes halogenated alkanes) is 3. The minimum atomic E-state index is 1.04. The third kappa shape index (κ3) is 9.48. The van der Waals surface area contributed by atoms with Crippen molar-refractivity contribution in [1.29, 1.82) is 0 Å². The van der Waals surface area contributed by atoms with E-state index in [4.69, 9.17) is 0 Å². The SMILES string of the molecule is [CH2]C=CCC=CCCCCC. The van der Waals surface area contributed by atoms with Gasteiger partial charge in [-0.05, 0) is 26.2 Å². The maximum atomic E-state index is 3.62. The average Bonchev–Trinajstić information content (AvgIpc) is 2.03. The molecule has 11 heavy (non-hydrogen) atoms. The lowest BCUT2D eigenvalue weighted by molar-refractivity contribution is 0.728. The molecule has 0 heterocycles. The van der Waals surface area contributed by atoms with E-state index in [1.54, 1.807) is 0 Å². The van der Waals surface area contributed by atoms with E-state index in [1.807, 2.05) is 6.08 Å². The smallest absolute Gasteiger partial charge is 0.0169 e. The zero-order chi connectivity index (χ0) is 8.36. The van der Waals surface area contributed by atoms with Crippen LogP contribution in [0.5, 0.6) is 0 Å². The summed E-state index contributed by atoms with van der Waals surface area (Å²) in [5.41, 5.74) is 0. The minimum absolute atomic E-state index is 1.04. The Labute approximate surface area is 71.0 Å². The van der Waals surface area contributed by atoms with Crippen molar-refractivity contribution < 1.29 is 0 Å². The summed E-state index contributed by atoms with van der Waals surface area (Å²) in [5.74, 6) is 0. The molecule has 0 aliphatic rings.